The lowest BCUT2D eigenvalue weighted by Crippen LogP contribution is -2.12. The van der Waals surface area contributed by atoms with Gasteiger partial charge in [-0.25, -0.2) is 0 Å². The zero-order valence-electron chi connectivity index (χ0n) is 14.0. The highest BCUT2D eigenvalue weighted by Crippen LogP contribution is 2.20. The van der Waals surface area contributed by atoms with Crippen LogP contribution < -0.4 is 10.6 Å². The fourth-order valence-electron chi connectivity index (χ4n) is 2.35. The van der Waals surface area contributed by atoms with Crippen molar-refractivity contribution < 1.29 is 4.79 Å². The van der Waals surface area contributed by atoms with E-state index in [4.69, 9.17) is 11.6 Å². The van der Waals surface area contributed by atoms with E-state index in [1.807, 2.05) is 6.07 Å². The largest absolute Gasteiger partial charge is 0.354 e. The van der Waals surface area contributed by atoms with Gasteiger partial charge in [0.05, 0.1) is 17.4 Å². The number of anilines is 3. The molecule has 0 fully saturated rings. The average molecular weight is 352 g/mol. The van der Waals surface area contributed by atoms with Crippen molar-refractivity contribution in [2.24, 2.45) is 0 Å². The summed E-state index contributed by atoms with van der Waals surface area (Å²) in [6.45, 7) is 4.14. The fourth-order valence-corrected chi connectivity index (χ4v) is 2.48. The van der Waals surface area contributed by atoms with Gasteiger partial charge in [-0.15, -0.1) is 0 Å². The molecule has 1 aromatic heterocycles. The Kier molecular flexibility index (Phi) is 5.00. The van der Waals surface area contributed by atoms with Gasteiger partial charge < -0.3 is 10.6 Å². The predicted molar refractivity (Wildman–Crippen MR) is 103 cm³/mol. The van der Waals surface area contributed by atoms with Crippen LogP contribution >= 0.6 is 11.6 Å². The number of halogens is 1. The lowest BCUT2D eigenvalue weighted by molar-refractivity contribution is 0.102. The van der Waals surface area contributed by atoms with Crippen LogP contribution in [-0.4, -0.2) is 10.9 Å². The van der Waals surface area contributed by atoms with Gasteiger partial charge in [0, 0.05) is 22.6 Å². The number of hydrogen-bond acceptors (Lipinski definition) is 3. The fraction of sp³-hybridized carbons (Fsp3) is 0.100. The first-order valence-electron chi connectivity index (χ1n) is 7.87. The van der Waals surface area contributed by atoms with Gasteiger partial charge in [0.1, 0.15) is 0 Å². The number of amides is 1. The molecule has 126 valence electrons. The van der Waals surface area contributed by atoms with Gasteiger partial charge in [0.25, 0.3) is 5.91 Å². The molecule has 3 aromatic rings. The van der Waals surface area contributed by atoms with Crippen LogP contribution in [-0.2, 0) is 0 Å². The SMILES string of the molecule is Cc1ccc(Nc2cncc(C(=O)Nc3ccc(Cl)cc3)c2)cc1C. The molecule has 25 heavy (non-hydrogen) atoms. The molecule has 2 aromatic carbocycles. The smallest absolute Gasteiger partial charge is 0.257 e. The summed E-state index contributed by atoms with van der Waals surface area (Å²) < 4.78 is 0. The van der Waals surface area contributed by atoms with Gasteiger partial charge in [-0.3, -0.25) is 9.78 Å². The van der Waals surface area contributed by atoms with Gasteiger partial charge in [-0.2, -0.15) is 0 Å². The van der Waals surface area contributed by atoms with Gasteiger partial charge in [0.15, 0.2) is 0 Å². The minimum atomic E-state index is -0.224. The van der Waals surface area contributed by atoms with Crippen molar-refractivity contribution in [3.8, 4) is 0 Å². The highest BCUT2D eigenvalue weighted by molar-refractivity contribution is 6.30. The molecule has 3 rings (SSSR count). The van der Waals surface area contributed by atoms with Crippen LogP contribution in [0.25, 0.3) is 0 Å². The Labute approximate surface area is 151 Å². The summed E-state index contributed by atoms with van der Waals surface area (Å²) in [5, 5.41) is 6.73. The molecule has 0 bridgehead atoms. The maximum atomic E-state index is 12.4. The molecule has 0 radical (unpaired) electrons. The summed E-state index contributed by atoms with van der Waals surface area (Å²) in [5.41, 5.74) is 5.31. The van der Waals surface area contributed by atoms with Crippen molar-refractivity contribution in [1.29, 1.82) is 0 Å². The molecule has 5 heteroatoms. The number of rotatable bonds is 4. The van der Waals surface area contributed by atoms with E-state index in [0.29, 0.717) is 16.3 Å². The number of nitrogens with zero attached hydrogens (tertiary/aromatic N) is 1. The summed E-state index contributed by atoms with van der Waals surface area (Å²) >= 11 is 5.85. The number of nitrogens with one attached hydrogen (secondary N) is 2. The number of pyridine rings is 1. The van der Waals surface area contributed by atoms with Crippen LogP contribution in [0, 0.1) is 13.8 Å². The molecule has 1 amide bonds. The number of hydrogen-bond donors (Lipinski definition) is 2. The lowest BCUT2D eigenvalue weighted by Gasteiger charge is -2.10. The van der Waals surface area contributed by atoms with Crippen molar-refractivity contribution in [3.63, 3.8) is 0 Å². The number of benzene rings is 2. The first-order valence-corrected chi connectivity index (χ1v) is 8.25. The molecule has 0 aliphatic rings. The van der Waals surface area contributed by atoms with E-state index >= 15 is 0 Å². The first kappa shape index (κ1) is 17.0. The van der Waals surface area contributed by atoms with E-state index in [9.17, 15) is 4.79 Å². The third-order valence-electron chi connectivity index (χ3n) is 3.90. The number of aryl methyl sites for hydroxylation is 2. The Balaban J connectivity index is 1.75. The van der Waals surface area contributed by atoms with Crippen molar-refractivity contribution in [3.05, 3.63) is 82.6 Å². The molecule has 0 aliphatic carbocycles. The molecule has 1 heterocycles. The van der Waals surface area contributed by atoms with Crippen LogP contribution in [0.4, 0.5) is 17.1 Å². The summed E-state index contributed by atoms with van der Waals surface area (Å²) in [6, 6.07) is 14.9. The first-order chi connectivity index (χ1) is 12.0. The minimum Gasteiger partial charge on any atom is -0.354 e. The highest BCUT2D eigenvalue weighted by atomic mass is 35.5. The normalized spacial score (nSPS) is 10.4. The Morgan fingerprint density at radius 3 is 2.32 bits per heavy atom. The zero-order chi connectivity index (χ0) is 17.8. The summed E-state index contributed by atoms with van der Waals surface area (Å²) in [6.07, 6.45) is 3.23. The van der Waals surface area contributed by atoms with E-state index in [1.165, 1.54) is 17.3 Å². The van der Waals surface area contributed by atoms with Gasteiger partial charge in [-0.05, 0) is 67.4 Å². The lowest BCUT2D eigenvalue weighted by atomic mass is 10.1. The predicted octanol–water partition coefficient (Wildman–Crippen LogP) is 5.35. The van der Waals surface area contributed by atoms with Crippen molar-refractivity contribution in [1.82, 2.24) is 4.98 Å². The van der Waals surface area contributed by atoms with Crippen LogP contribution in [0.15, 0.2) is 60.9 Å². The average Bonchev–Trinajstić information content (AvgIpc) is 2.60. The maximum absolute atomic E-state index is 12.4. The minimum absolute atomic E-state index is 0.224. The number of carbonyl (C=O) groups excluding carboxylic acids is 1. The topological polar surface area (TPSA) is 54.0 Å². The second-order valence-electron chi connectivity index (χ2n) is 5.85. The van der Waals surface area contributed by atoms with Crippen LogP contribution in [0.5, 0.6) is 0 Å². The highest BCUT2D eigenvalue weighted by Gasteiger charge is 2.08. The Morgan fingerprint density at radius 2 is 1.60 bits per heavy atom. The molecule has 4 nitrogen and oxygen atoms in total. The molecular formula is C20H18ClN3O. The van der Waals surface area contributed by atoms with Gasteiger partial charge >= 0.3 is 0 Å². The molecule has 0 saturated carbocycles. The number of carbonyl (C=O) groups is 1. The van der Waals surface area contributed by atoms with Gasteiger partial charge in [-0.1, -0.05) is 17.7 Å². The second-order valence-corrected chi connectivity index (χ2v) is 6.28. The quantitative estimate of drug-likeness (QED) is 0.666. The monoisotopic (exact) mass is 351 g/mol. The van der Waals surface area contributed by atoms with E-state index in [0.717, 1.165) is 11.4 Å². The van der Waals surface area contributed by atoms with Crippen molar-refractivity contribution >= 4 is 34.6 Å². The molecule has 2 N–H and O–H groups in total. The van der Waals surface area contributed by atoms with Crippen molar-refractivity contribution in [2.45, 2.75) is 13.8 Å². The molecule has 0 atom stereocenters. The van der Waals surface area contributed by atoms with E-state index in [-0.39, 0.29) is 5.91 Å². The summed E-state index contributed by atoms with van der Waals surface area (Å²) in [4.78, 5) is 16.5. The molecule has 0 aliphatic heterocycles. The van der Waals surface area contributed by atoms with E-state index in [1.54, 1.807) is 36.5 Å². The maximum Gasteiger partial charge on any atom is 0.257 e. The van der Waals surface area contributed by atoms with Crippen LogP contribution in [0.3, 0.4) is 0 Å². The Morgan fingerprint density at radius 1 is 0.880 bits per heavy atom. The molecule has 0 unspecified atom stereocenters. The van der Waals surface area contributed by atoms with E-state index in [2.05, 4.69) is 41.6 Å². The molecule has 0 spiro atoms. The van der Waals surface area contributed by atoms with Crippen molar-refractivity contribution in [2.75, 3.05) is 10.6 Å². The summed E-state index contributed by atoms with van der Waals surface area (Å²) in [7, 11) is 0. The van der Waals surface area contributed by atoms with Crippen LogP contribution in [0.2, 0.25) is 5.02 Å². The molecule has 0 saturated heterocycles. The summed E-state index contributed by atoms with van der Waals surface area (Å²) in [5.74, 6) is -0.224. The van der Waals surface area contributed by atoms with E-state index < -0.39 is 0 Å². The zero-order valence-corrected chi connectivity index (χ0v) is 14.8. The third-order valence-corrected chi connectivity index (χ3v) is 4.15. The number of aromatic nitrogens is 1. The third kappa shape index (κ3) is 4.37. The standard InChI is InChI=1S/C20H18ClN3O/c1-13-3-6-18(9-14(13)2)23-19-10-15(11-22-12-19)20(25)24-17-7-4-16(21)5-8-17/h3-12,23H,1-2H3,(H,24,25). The van der Waals surface area contributed by atoms with Crippen LogP contribution in [0.1, 0.15) is 21.5 Å². The van der Waals surface area contributed by atoms with Gasteiger partial charge in [0.2, 0.25) is 0 Å². The Bertz CT molecular complexity index is 907. The second kappa shape index (κ2) is 7.36. The Hall–Kier alpha value is -2.85. The molecular weight excluding hydrogens is 334 g/mol.